The van der Waals surface area contributed by atoms with Crippen LogP contribution in [0.3, 0.4) is 0 Å². The molecule has 0 aliphatic heterocycles. The second kappa shape index (κ2) is 10.4. The summed E-state index contributed by atoms with van der Waals surface area (Å²) in [5.74, 6) is 0. The lowest BCUT2D eigenvalue weighted by molar-refractivity contribution is 0.196. The third kappa shape index (κ3) is 7.80. The Balaban J connectivity index is 3.93. The molecule has 0 unspecified atom stereocenters. The summed E-state index contributed by atoms with van der Waals surface area (Å²) < 4.78 is 0. The molecule has 0 aromatic carbocycles. The van der Waals surface area contributed by atoms with Crippen molar-refractivity contribution in [1.29, 1.82) is 0 Å². The van der Waals surface area contributed by atoms with E-state index >= 15 is 0 Å². The Morgan fingerprint density at radius 1 is 0.600 bits per heavy atom. The summed E-state index contributed by atoms with van der Waals surface area (Å²) >= 11 is 0. The van der Waals surface area contributed by atoms with Crippen molar-refractivity contribution in [2.24, 2.45) is 0 Å². The number of hydrogen-bond acceptors (Lipinski definition) is 2. The molecular formula is C13H29N2. The monoisotopic (exact) mass is 213 g/mol. The van der Waals surface area contributed by atoms with Crippen molar-refractivity contribution in [2.75, 3.05) is 26.2 Å². The number of hydrogen-bond donors (Lipinski definition) is 0. The van der Waals surface area contributed by atoms with Gasteiger partial charge >= 0.3 is 0 Å². The van der Waals surface area contributed by atoms with Gasteiger partial charge in [-0.15, -0.1) is 0 Å². The van der Waals surface area contributed by atoms with Crippen molar-refractivity contribution in [3.63, 3.8) is 0 Å². The molecule has 0 N–H and O–H groups in total. The molecule has 0 fully saturated rings. The molecule has 0 rings (SSSR count). The Bertz CT molecular complexity index is 99.7. The van der Waals surface area contributed by atoms with Gasteiger partial charge in [0.1, 0.15) is 0 Å². The second-order valence-electron chi connectivity index (χ2n) is 4.19. The van der Waals surface area contributed by atoms with E-state index in [0.717, 1.165) is 0 Å². The van der Waals surface area contributed by atoms with Crippen LogP contribution >= 0.6 is 0 Å². The number of nitrogens with zero attached hydrogens (tertiary/aromatic N) is 2. The standard InChI is InChI=1S/C13H29N2/c1-5-9-14(10-6-2)13-15(11-7-3)12-8-4/h13H,5-12H2,1-4H3. The van der Waals surface area contributed by atoms with E-state index in [1.54, 1.807) is 0 Å². The normalized spacial score (nSPS) is 11.6. The van der Waals surface area contributed by atoms with Crippen LogP contribution in [0.5, 0.6) is 0 Å². The van der Waals surface area contributed by atoms with Crippen LogP contribution in [0.2, 0.25) is 0 Å². The average molecular weight is 213 g/mol. The highest BCUT2D eigenvalue weighted by atomic mass is 15.3. The van der Waals surface area contributed by atoms with Gasteiger partial charge in [0, 0.05) is 0 Å². The molecule has 15 heavy (non-hydrogen) atoms. The van der Waals surface area contributed by atoms with Gasteiger partial charge in [0.25, 0.3) is 0 Å². The third-order valence-electron chi connectivity index (χ3n) is 2.37. The summed E-state index contributed by atoms with van der Waals surface area (Å²) in [6.07, 6.45) is 4.95. The summed E-state index contributed by atoms with van der Waals surface area (Å²) in [6.45, 7) is 16.1. The second-order valence-corrected chi connectivity index (χ2v) is 4.19. The third-order valence-corrected chi connectivity index (χ3v) is 2.37. The first-order chi connectivity index (χ1) is 7.28. The highest BCUT2D eigenvalue weighted by Crippen LogP contribution is 2.04. The molecule has 2 nitrogen and oxygen atoms in total. The predicted molar refractivity (Wildman–Crippen MR) is 68.6 cm³/mol. The molecule has 0 aromatic heterocycles. The lowest BCUT2D eigenvalue weighted by atomic mass is 10.3. The maximum absolute atomic E-state index is 2.46. The fourth-order valence-electron chi connectivity index (χ4n) is 1.83. The Kier molecular flexibility index (Phi) is 10.4. The van der Waals surface area contributed by atoms with Crippen LogP contribution in [-0.2, 0) is 0 Å². The summed E-state index contributed by atoms with van der Waals surface area (Å²) in [5.41, 5.74) is 0. The summed E-state index contributed by atoms with van der Waals surface area (Å²) in [7, 11) is 0. The van der Waals surface area contributed by atoms with Gasteiger partial charge in [0.15, 0.2) is 0 Å². The van der Waals surface area contributed by atoms with Crippen LogP contribution in [0.4, 0.5) is 0 Å². The minimum atomic E-state index is 1.19. The molecule has 0 amide bonds. The number of rotatable bonds is 10. The van der Waals surface area contributed by atoms with Crippen LogP contribution in [0.25, 0.3) is 0 Å². The summed E-state index contributed by atoms with van der Waals surface area (Å²) in [6, 6.07) is 0. The fraction of sp³-hybridized carbons (Fsp3) is 0.923. The van der Waals surface area contributed by atoms with E-state index in [1.807, 2.05) is 0 Å². The van der Waals surface area contributed by atoms with Crippen molar-refractivity contribution in [3.8, 4) is 0 Å². The van der Waals surface area contributed by atoms with Gasteiger partial charge in [-0.05, 0) is 51.9 Å². The van der Waals surface area contributed by atoms with E-state index in [-0.39, 0.29) is 0 Å². The quantitative estimate of drug-likeness (QED) is 0.549. The fourth-order valence-corrected chi connectivity index (χ4v) is 1.83. The van der Waals surface area contributed by atoms with Gasteiger partial charge in [0.05, 0.1) is 6.67 Å². The van der Waals surface area contributed by atoms with Crippen molar-refractivity contribution >= 4 is 0 Å². The van der Waals surface area contributed by atoms with Crippen molar-refractivity contribution < 1.29 is 0 Å². The van der Waals surface area contributed by atoms with Gasteiger partial charge in [0.2, 0.25) is 0 Å². The van der Waals surface area contributed by atoms with Gasteiger partial charge in [-0.2, -0.15) is 0 Å². The van der Waals surface area contributed by atoms with Crippen LogP contribution in [0, 0.1) is 6.67 Å². The highest BCUT2D eigenvalue weighted by molar-refractivity contribution is 4.70. The van der Waals surface area contributed by atoms with E-state index in [0.29, 0.717) is 0 Å². The maximum Gasteiger partial charge on any atom is 0.0921 e. The van der Waals surface area contributed by atoms with Crippen LogP contribution < -0.4 is 0 Å². The molecule has 0 atom stereocenters. The molecule has 0 saturated heterocycles. The lowest BCUT2D eigenvalue weighted by Gasteiger charge is -2.28. The Labute approximate surface area is 96.6 Å². The van der Waals surface area contributed by atoms with Crippen LogP contribution in [0.15, 0.2) is 0 Å². The molecule has 0 aliphatic carbocycles. The van der Waals surface area contributed by atoms with E-state index in [9.17, 15) is 0 Å². The molecule has 0 bridgehead atoms. The molecular weight excluding hydrogens is 184 g/mol. The van der Waals surface area contributed by atoms with Gasteiger partial charge < -0.3 is 0 Å². The molecule has 0 aliphatic rings. The highest BCUT2D eigenvalue weighted by Gasteiger charge is 2.09. The van der Waals surface area contributed by atoms with Crippen molar-refractivity contribution in [2.45, 2.75) is 53.4 Å². The zero-order valence-electron chi connectivity index (χ0n) is 11.1. The summed E-state index contributed by atoms with van der Waals surface area (Å²) in [5, 5.41) is 0. The lowest BCUT2D eigenvalue weighted by Crippen LogP contribution is -2.34. The molecule has 91 valence electrons. The zero-order chi connectivity index (χ0) is 11.5. The van der Waals surface area contributed by atoms with Gasteiger partial charge in [-0.3, -0.25) is 9.80 Å². The maximum atomic E-state index is 2.46. The molecule has 0 heterocycles. The van der Waals surface area contributed by atoms with Crippen molar-refractivity contribution in [1.82, 2.24) is 9.80 Å². The van der Waals surface area contributed by atoms with Crippen LogP contribution in [-0.4, -0.2) is 36.0 Å². The summed E-state index contributed by atoms with van der Waals surface area (Å²) in [4.78, 5) is 4.93. The Hall–Kier alpha value is -0.0800. The van der Waals surface area contributed by atoms with Gasteiger partial charge in [-0.1, -0.05) is 27.7 Å². The molecule has 0 spiro atoms. The Morgan fingerprint density at radius 3 is 1.07 bits per heavy atom. The zero-order valence-corrected chi connectivity index (χ0v) is 11.1. The van der Waals surface area contributed by atoms with Crippen molar-refractivity contribution in [3.05, 3.63) is 6.67 Å². The smallest absolute Gasteiger partial charge is 0.0921 e. The first kappa shape index (κ1) is 14.9. The molecule has 2 heteroatoms. The van der Waals surface area contributed by atoms with E-state index in [4.69, 9.17) is 0 Å². The molecule has 0 aromatic rings. The average Bonchev–Trinajstić information content (AvgIpc) is 2.19. The molecule has 1 radical (unpaired) electrons. The van der Waals surface area contributed by atoms with E-state index in [2.05, 4.69) is 44.2 Å². The van der Waals surface area contributed by atoms with Gasteiger partial charge in [-0.25, -0.2) is 0 Å². The Morgan fingerprint density at radius 2 is 0.867 bits per heavy atom. The minimum Gasteiger partial charge on any atom is -0.285 e. The molecule has 0 saturated carbocycles. The van der Waals surface area contributed by atoms with E-state index < -0.39 is 0 Å². The SMILES string of the molecule is CCCN([CH]N(CCC)CCC)CCC. The topological polar surface area (TPSA) is 6.48 Å². The first-order valence-corrected chi connectivity index (χ1v) is 6.61. The first-order valence-electron chi connectivity index (χ1n) is 6.61. The van der Waals surface area contributed by atoms with Crippen LogP contribution in [0.1, 0.15) is 53.4 Å². The predicted octanol–water partition coefficient (Wildman–Crippen LogP) is 3.35. The van der Waals surface area contributed by atoms with E-state index in [1.165, 1.54) is 51.9 Å². The minimum absolute atomic E-state index is 1.19. The largest absolute Gasteiger partial charge is 0.285 e.